The number of hydrogen-bond acceptors (Lipinski definition) is 3. The maximum absolute atomic E-state index is 4.48. The Balaban J connectivity index is 2.20. The summed E-state index contributed by atoms with van der Waals surface area (Å²) in [4.78, 5) is 6.82. The van der Waals surface area contributed by atoms with Crippen molar-refractivity contribution in [2.75, 3.05) is 24.5 Å². The summed E-state index contributed by atoms with van der Waals surface area (Å²) in [6.07, 6.45) is 1.89. The topological polar surface area (TPSA) is 28.2 Å². The molecule has 0 saturated carbocycles. The van der Waals surface area contributed by atoms with E-state index in [1.807, 2.05) is 6.20 Å². The van der Waals surface area contributed by atoms with Crippen LogP contribution in [0.4, 0.5) is 5.82 Å². The van der Waals surface area contributed by atoms with Gasteiger partial charge in [-0.3, -0.25) is 0 Å². The lowest BCUT2D eigenvalue weighted by Gasteiger charge is -2.39. The molecule has 0 amide bonds. The summed E-state index contributed by atoms with van der Waals surface area (Å²) < 4.78 is 1.07. The summed E-state index contributed by atoms with van der Waals surface area (Å²) >= 11 is 3.48. The van der Waals surface area contributed by atoms with Gasteiger partial charge < -0.3 is 10.2 Å². The smallest absolute Gasteiger partial charge is 0.128 e. The number of pyridine rings is 1. The van der Waals surface area contributed by atoms with Crippen LogP contribution < -0.4 is 10.2 Å². The molecule has 0 bridgehead atoms. The van der Waals surface area contributed by atoms with Crippen molar-refractivity contribution < 1.29 is 0 Å². The fourth-order valence-corrected chi connectivity index (χ4v) is 2.25. The second-order valence-electron chi connectivity index (χ2n) is 5.02. The fraction of sp³-hybridized carbons (Fsp3) is 0.583. The van der Waals surface area contributed by atoms with Crippen LogP contribution in [0.25, 0.3) is 0 Å². The highest BCUT2D eigenvalue weighted by atomic mass is 79.9. The zero-order chi connectivity index (χ0) is 11.8. The molecule has 88 valence electrons. The molecule has 3 nitrogen and oxygen atoms in total. The van der Waals surface area contributed by atoms with E-state index in [-0.39, 0.29) is 5.54 Å². The largest absolute Gasteiger partial charge is 0.354 e. The normalized spacial score (nSPS) is 19.9. The molecule has 0 radical (unpaired) electrons. The van der Waals surface area contributed by atoms with Crippen molar-refractivity contribution in [3.63, 3.8) is 0 Å². The Morgan fingerprint density at radius 1 is 1.50 bits per heavy atom. The molecule has 1 fully saturated rings. The van der Waals surface area contributed by atoms with E-state index in [4.69, 9.17) is 0 Å². The number of hydrogen-bond donors (Lipinski definition) is 1. The first-order valence-electron chi connectivity index (χ1n) is 5.60. The van der Waals surface area contributed by atoms with Crippen LogP contribution in [0.3, 0.4) is 0 Å². The van der Waals surface area contributed by atoms with Gasteiger partial charge in [0.15, 0.2) is 0 Å². The molecule has 0 atom stereocenters. The van der Waals surface area contributed by atoms with E-state index in [0.29, 0.717) is 0 Å². The van der Waals surface area contributed by atoms with Crippen molar-refractivity contribution in [2.24, 2.45) is 0 Å². The minimum Gasteiger partial charge on any atom is -0.354 e. The number of nitrogens with one attached hydrogen (secondary N) is 1. The molecule has 0 spiro atoms. The average Bonchev–Trinajstić information content (AvgIpc) is 2.20. The van der Waals surface area contributed by atoms with E-state index in [1.54, 1.807) is 0 Å². The molecule has 4 heteroatoms. The van der Waals surface area contributed by atoms with E-state index >= 15 is 0 Å². The lowest BCUT2D eigenvalue weighted by molar-refractivity contribution is 0.352. The van der Waals surface area contributed by atoms with Gasteiger partial charge in [0.1, 0.15) is 5.82 Å². The van der Waals surface area contributed by atoms with Crippen LogP contribution in [0.15, 0.2) is 16.7 Å². The standard InChI is InChI=1S/C12H18BrN3/c1-9-6-11(14-7-10(9)13)16-5-4-15-12(2,3)8-16/h6-7,15H,4-5,8H2,1-3H3. The quantitative estimate of drug-likeness (QED) is 0.858. The Bertz CT molecular complexity index is 390. The third-order valence-corrected chi connectivity index (χ3v) is 3.76. The molecular weight excluding hydrogens is 266 g/mol. The zero-order valence-electron chi connectivity index (χ0n) is 10.0. The van der Waals surface area contributed by atoms with Crippen LogP contribution in [-0.4, -0.2) is 30.2 Å². The fourth-order valence-electron chi connectivity index (χ4n) is 2.03. The second kappa shape index (κ2) is 4.34. The van der Waals surface area contributed by atoms with Crippen LogP contribution in [0.1, 0.15) is 19.4 Å². The molecule has 16 heavy (non-hydrogen) atoms. The van der Waals surface area contributed by atoms with Gasteiger partial charge in [-0.2, -0.15) is 0 Å². The molecule has 1 aliphatic rings. The summed E-state index contributed by atoms with van der Waals surface area (Å²) in [5, 5.41) is 3.51. The molecule has 1 aromatic rings. The molecule has 0 unspecified atom stereocenters. The van der Waals surface area contributed by atoms with Crippen molar-refractivity contribution in [2.45, 2.75) is 26.3 Å². The van der Waals surface area contributed by atoms with Gasteiger partial charge in [-0.1, -0.05) is 0 Å². The van der Waals surface area contributed by atoms with Gasteiger partial charge in [0.05, 0.1) is 0 Å². The number of rotatable bonds is 1. The van der Waals surface area contributed by atoms with Crippen molar-refractivity contribution in [3.8, 4) is 0 Å². The van der Waals surface area contributed by atoms with E-state index in [1.165, 1.54) is 5.56 Å². The third-order valence-electron chi connectivity index (χ3n) is 2.93. The van der Waals surface area contributed by atoms with Crippen molar-refractivity contribution >= 4 is 21.7 Å². The number of nitrogens with zero attached hydrogens (tertiary/aromatic N) is 2. The Morgan fingerprint density at radius 2 is 2.25 bits per heavy atom. The summed E-state index contributed by atoms with van der Waals surface area (Å²) in [6, 6.07) is 2.14. The Hall–Kier alpha value is -0.610. The van der Waals surface area contributed by atoms with E-state index < -0.39 is 0 Å². The lowest BCUT2D eigenvalue weighted by Crippen LogP contribution is -2.57. The van der Waals surface area contributed by atoms with Crippen molar-refractivity contribution in [1.82, 2.24) is 10.3 Å². The number of piperazine rings is 1. The maximum atomic E-state index is 4.48. The highest BCUT2D eigenvalue weighted by Gasteiger charge is 2.26. The van der Waals surface area contributed by atoms with Gasteiger partial charge in [-0.25, -0.2) is 4.98 Å². The van der Waals surface area contributed by atoms with Crippen LogP contribution in [0.2, 0.25) is 0 Å². The monoisotopic (exact) mass is 283 g/mol. The van der Waals surface area contributed by atoms with E-state index in [2.05, 4.69) is 58.0 Å². The van der Waals surface area contributed by atoms with Gasteiger partial charge in [0.25, 0.3) is 0 Å². The average molecular weight is 284 g/mol. The molecule has 0 aliphatic carbocycles. The Kier molecular flexibility index (Phi) is 3.22. The molecule has 2 rings (SSSR count). The van der Waals surface area contributed by atoms with Crippen LogP contribution in [0.5, 0.6) is 0 Å². The number of aryl methyl sites for hydroxylation is 1. The number of halogens is 1. The van der Waals surface area contributed by atoms with Crippen molar-refractivity contribution in [3.05, 3.63) is 22.3 Å². The molecule has 2 heterocycles. The van der Waals surface area contributed by atoms with Gasteiger partial charge >= 0.3 is 0 Å². The molecule has 1 saturated heterocycles. The molecular formula is C12H18BrN3. The lowest BCUT2D eigenvalue weighted by atomic mass is 10.0. The summed E-state index contributed by atoms with van der Waals surface area (Å²) in [7, 11) is 0. The second-order valence-corrected chi connectivity index (χ2v) is 5.88. The first-order chi connectivity index (χ1) is 7.48. The highest BCUT2D eigenvalue weighted by Crippen LogP contribution is 2.22. The van der Waals surface area contributed by atoms with Crippen LogP contribution in [0, 0.1) is 6.92 Å². The van der Waals surface area contributed by atoms with Gasteiger partial charge in [-0.15, -0.1) is 0 Å². The molecule has 0 aromatic carbocycles. The molecule has 1 aromatic heterocycles. The number of anilines is 1. The Labute approximate surface area is 105 Å². The minimum absolute atomic E-state index is 0.168. The molecule has 1 aliphatic heterocycles. The summed E-state index contributed by atoms with van der Waals surface area (Å²) in [5.74, 6) is 1.08. The SMILES string of the molecule is Cc1cc(N2CCNC(C)(C)C2)ncc1Br. The minimum atomic E-state index is 0.168. The maximum Gasteiger partial charge on any atom is 0.128 e. The van der Waals surface area contributed by atoms with Gasteiger partial charge in [0.2, 0.25) is 0 Å². The first-order valence-corrected chi connectivity index (χ1v) is 6.39. The third kappa shape index (κ3) is 2.55. The first kappa shape index (κ1) is 11.9. The van der Waals surface area contributed by atoms with E-state index in [9.17, 15) is 0 Å². The zero-order valence-corrected chi connectivity index (χ0v) is 11.6. The van der Waals surface area contributed by atoms with E-state index in [0.717, 1.165) is 29.9 Å². The van der Waals surface area contributed by atoms with Gasteiger partial charge in [-0.05, 0) is 48.3 Å². The summed E-state index contributed by atoms with van der Waals surface area (Å²) in [5.41, 5.74) is 1.40. The predicted octanol–water partition coefficient (Wildman–Crippen LogP) is 2.34. The van der Waals surface area contributed by atoms with Gasteiger partial charge in [0, 0.05) is 35.8 Å². The summed E-state index contributed by atoms with van der Waals surface area (Å²) in [6.45, 7) is 9.60. The molecule has 1 N–H and O–H groups in total. The Morgan fingerprint density at radius 3 is 2.88 bits per heavy atom. The van der Waals surface area contributed by atoms with Crippen molar-refractivity contribution in [1.29, 1.82) is 0 Å². The van der Waals surface area contributed by atoms with Crippen LogP contribution in [-0.2, 0) is 0 Å². The number of aromatic nitrogens is 1. The predicted molar refractivity (Wildman–Crippen MR) is 71.0 cm³/mol. The van der Waals surface area contributed by atoms with Crippen LogP contribution >= 0.6 is 15.9 Å². The highest BCUT2D eigenvalue weighted by molar-refractivity contribution is 9.10.